The van der Waals surface area contributed by atoms with Crippen molar-refractivity contribution < 1.29 is 4.79 Å². The van der Waals surface area contributed by atoms with Crippen molar-refractivity contribution in [2.45, 2.75) is 6.42 Å². The first-order valence-electron chi connectivity index (χ1n) is 6.40. The highest BCUT2D eigenvalue weighted by Gasteiger charge is 2.20. The Hall–Kier alpha value is -0.460. The molecule has 0 N–H and O–H groups in total. The Morgan fingerprint density at radius 3 is 2.79 bits per heavy atom. The minimum Gasteiger partial charge on any atom is -0.336 e. The van der Waals surface area contributed by atoms with Gasteiger partial charge in [0.2, 0.25) is 0 Å². The van der Waals surface area contributed by atoms with Gasteiger partial charge in [0.15, 0.2) is 0 Å². The number of halogens is 2. The lowest BCUT2D eigenvalue weighted by Gasteiger charge is -2.21. The fraction of sp³-hybridized carbons (Fsp3) is 0.538. The molecule has 0 aromatic carbocycles. The minimum atomic E-state index is 0.0354. The van der Waals surface area contributed by atoms with E-state index in [0.29, 0.717) is 5.69 Å². The quantitative estimate of drug-likeness (QED) is 0.743. The molecule has 104 valence electrons. The third-order valence-electron chi connectivity index (χ3n) is 3.22. The second kappa shape index (κ2) is 7.36. The van der Waals surface area contributed by atoms with Crippen LogP contribution in [0.1, 0.15) is 16.9 Å². The molecular formula is C13H17Br2N3O. The SMILES string of the molecule is O=C(c1ccc(Br)cn1)N1CCCN(CCBr)CC1. The van der Waals surface area contributed by atoms with Crippen LogP contribution in [0.25, 0.3) is 0 Å². The molecule has 1 aromatic heterocycles. The zero-order valence-electron chi connectivity index (χ0n) is 10.7. The molecule has 0 atom stereocenters. The summed E-state index contributed by atoms with van der Waals surface area (Å²) >= 11 is 6.79. The first kappa shape index (κ1) is 14.9. The van der Waals surface area contributed by atoms with E-state index < -0.39 is 0 Å². The molecule has 19 heavy (non-hydrogen) atoms. The van der Waals surface area contributed by atoms with Crippen LogP contribution < -0.4 is 0 Å². The molecule has 0 saturated carbocycles. The van der Waals surface area contributed by atoms with Crippen LogP contribution in [0, 0.1) is 0 Å². The van der Waals surface area contributed by atoms with Gasteiger partial charge in [-0.2, -0.15) is 0 Å². The van der Waals surface area contributed by atoms with Crippen molar-refractivity contribution >= 4 is 37.8 Å². The Labute approximate surface area is 130 Å². The maximum absolute atomic E-state index is 12.3. The molecule has 0 bridgehead atoms. The third kappa shape index (κ3) is 4.26. The highest BCUT2D eigenvalue weighted by molar-refractivity contribution is 9.10. The van der Waals surface area contributed by atoms with Gasteiger partial charge in [0.1, 0.15) is 5.69 Å². The summed E-state index contributed by atoms with van der Waals surface area (Å²) in [6.07, 6.45) is 2.69. The molecule has 0 aliphatic carbocycles. The van der Waals surface area contributed by atoms with Gasteiger partial charge in [0.05, 0.1) is 0 Å². The fourth-order valence-corrected chi connectivity index (χ4v) is 2.92. The molecule has 1 aliphatic rings. The lowest BCUT2D eigenvalue weighted by molar-refractivity contribution is 0.0756. The Kier molecular flexibility index (Phi) is 5.78. The van der Waals surface area contributed by atoms with Crippen molar-refractivity contribution in [1.29, 1.82) is 0 Å². The first-order chi connectivity index (χ1) is 9.20. The molecule has 0 radical (unpaired) electrons. The predicted octanol–water partition coefficient (Wildman–Crippen LogP) is 2.39. The van der Waals surface area contributed by atoms with Crippen LogP contribution in [0.5, 0.6) is 0 Å². The van der Waals surface area contributed by atoms with Gasteiger partial charge in [-0.25, -0.2) is 4.98 Å². The molecule has 2 heterocycles. The van der Waals surface area contributed by atoms with Crippen LogP contribution in [0.4, 0.5) is 0 Å². The van der Waals surface area contributed by atoms with E-state index in [1.165, 1.54) is 0 Å². The summed E-state index contributed by atoms with van der Waals surface area (Å²) in [6.45, 7) is 4.63. The van der Waals surface area contributed by atoms with E-state index in [4.69, 9.17) is 0 Å². The van der Waals surface area contributed by atoms with Crippen LogP contribution in [-0.4, -0.2) is 58.7 Å². The molecule has 6 heteroatoms. The van der Waals surface area contributed by atoms with Crippen molar-refractivity contribution in [3.63, 3.8) is 0 Å². The number of hydrogen-bond acceptors (Lipinski definition) is 3. The van der Waals surface area contributed by atoms with E-state index in [2.05, 4.69) is 41.7 Å². The molecular weight excluding hydrogens is 374 g/mol. The number of pyridine rings is 1. The summed E-state index contributed by atoms with van der Waals surface area (Å²) in [7, 11) is 0. The lowest BCUT2D eigenvalue weighted by Crippen LogP contribution is -2.36. The smallest absolute Gasteiger partial charge is 0.272 e. The number of aromatic nitrogens is 1. The maximum Gasteiger partial charge on any atom is 0.272 e. The van der Waals surface area contributed by atoms with E-state index in [0.717, 1.165) is 48.9 Å². The Morgan fingerprint density at radius 2 is 2.11 bits per heavy atom. The van der Waals surface area contributed by atoms with E-state index in [1.54, 1.807) is 12.3 Å². The third-order valence-corrected chi connectivity index (χ3v) is 4.05. The molecule has 0 spiro atoms. The maximum atomic E-state index is 12.3. The number of rotatable bonds is 3. The van der Waals surface area contributed by atoms with Crippen LogP contribution in [0.15, 0.2) is 22.8 Å². The highest BCUT2D eigenvalue weighted by Crippen LogP contribution is 2.11. The molecule has 4 nitrogen and oxygen atoms in total. The topological polar surface area (TPSA) is 36.4 Å². The average Bonchev–Trinajstić information content (AvgIpc) is 2.65. The summed E-state index contributed by atoms with van der Waals surface area (Å²) in [5.74, 6) is 0.0354. The van der Waals surface area contributed by atoms with E-state index in [-0.39, 0.29) is 5.91 Å². The molecule has 1 aliphatic heterocycles. The summed E-state index contributed by atoms with van der Waals surface area (Å²) in [5.41, 5.74) is 0.525. The van der Waals surface area contributed by atoms with E-state index in [9.17, 15) is 4.79 Å². The van der Waals surface area contributed by atoms with E-state index in [1.807, 2.05) is 11.0 Å². The number of alkyl halides is 1. The van der Waals surface area contributed by atoms with Gasteiger partial charge in [0, 0.05) is 42.2 Å². The van der Waals surface area contributed by atoms with E-state index >= 15 is 0 Å². The van der Waals surface area contributed by atoms with Gasteiger partial charge in [0.25, 0.3) is 5.91 Å². The summed E-state index contributed by atoms with van der Waals surface area (Å²) < 4.78 is 0.892. The number of hydrogen-bond donors (Lipinski definition) is 0. The van der Waals surface area contributed by atoms with Crippen LogP contribution in [0.3, 0.4) is 0 Å². The monoisotopic (exact) mass is 389 g/mol. The second-order valence-corrected chi connectivity index (χ2v) is 6.25. The largest absolute Gasteiger partial charge is 0.336 e. The zero-order chi connectivity index (χ0) is 13.7. The van der Waals surface area contributed by atoms with Crippen LogP contribution in [-0.2, 0) is 0 Å². The van der Waals surface area contributed by atoms with Gasteiger partial charge < -0.3 is 9.80 Å². The normalized spacial score (nSPS) is 17.3. The zero-order valence-corrected chi connectivity index (χ0v) is 13.9. The van der Waals surface area contributed by atoms with Crippen molar-refractivity contribution in [2.24, 2.45) is 0 Å². The number of carbonyl (C=O) groups is 1. The molecule has 2 rings (SSSR count). The first-order valence-corrected chi connectivity index (χ1v) is 8.31. The van der Waals surface area contributed by atoms with Crippen molar-refractivity contribution in [1.82, 2.24) is 14.8 Å². The van der Waals surface area contributed by atoms with Gasteiger partial charge >= 0.3 is 0 Å². The standard InChI is InChI=1S/C13H17Br2N3O/c14-4-7-17-5-1-6-18(9-8-17)13(19)12-3-2-11(15)10-16-12/h2-3,10H,1,4-9H2. The lowest BCUT2D eigenvalue weighted by atomic mass is 10.3. The van der Waals surface area contributed by atoms with Gasteiger partial charge in [-0.05, 0) is 41.0 Å². The van der Waals surface area contributed by atoms with Crippen LogP contribution in [0.2, 0.25) is 0 Å². The van der Waals surface area contributed by atoms with Crippen LogP contribution >= 0.6 is 31.9 Å². The molecule has 1 saturated heterocycles. The summed E-state index contributed by atoms with van der Waals surface area (Å²) in [5, 5.41) is 0.981. The summed E-state index contributed by atoms with van der Waals surface area (Å²) in [4.78, 5) is 20.8. The molecule has 1 aromatic rings. The highest BCUT2D eigenvalue weighted by atomic mass is 79.9. The Morgan fingerprint density at radius 1 is 1.26 bits per heavy atom. The van der Waals surface area contributed by atoms with Gasteiger partial charge in [-0.1, -0.05) is 15.9 Å². The number of carbonyl (C=O) groups excluding carboxylic acids is 1. The summed E-state index contributed by atoms with van der Waals surface area (Å²) in [6, 6.07) is 3.63. The van der Waals surface area contributed by atoms with Crippen molar-refractivity contribution in [3.05, 3.63) is 28.5 Å². The predicted molar refractivity (Wildman–Crippen MR) is 82.7 cm³/mol. The van der Waals surface area contributed by atoms with Crippen molar-refractivity contribution in [2.75, 3.05) is 38.1 Å². The average molecular weight is 391 g/mol. The Bertz CT molecular complexity index is 424. The molecule has 1 fully saturated rings. The second-order valence-electron chi connectivity index (χ2n) is 4.54. The number of nitrogens with zero attached hydrogens (tertiary/aromatic N) is 3. The number of amides is 1. The van der Waals surface area contributed by atoms with Gasteiger partial charge in [-0.3, -0.25) is 4.79 Å². The molecule has 0 unspecified atom stereocenters. The molecule has 1 amide bonds. The van der Waals surface area contributed by atoms with Crippen molar-refractivity contribution in [3.8, 4) is 0 Å². The Balaban J connectivity index is 1.98. The fourth-order valence-electron chi connectivity index (χ4n) is 2.18. The minimum absolute atomic E-state index is 0.0354. The van der Waals surface area contributed by atoms with Gasteiger partial charge in [-0.15, -0.1) is 0 Å².